The highest BCUT2D eigenvalue weighted by molar-refractivity contribution is 6.85. The van der Waals surface area contributed by atoms with Crippen molar-refractivity contribution in [3.8, 4) is 0 Å². The van der Waals surface area contributed by atoms with Crippen LogP contribution in [0.1, 0.15) is 0 Å². The maximum Gasteiger partial charge on any atom is 0.0777 e. The van der Waals surface area contributed by atoms with E-state index in [2.05, 4.69) is 21.7 Å². The smallest absolute Gasteiger partial charge is 0.0777 e. The van der Waals surface area contributed by atoms with Gasteiger partial charge in [-0.25, -0.2) is 0 Å². The van der Waals surface area contributed by atoms with Crippen LogP contribution in [-0.2, 0) is 0 Å². The fraction of sp³-hybridized carbons (Fsp3) is 0. The lowest BCUT2D eigenvalue weighted by atomic mass is 14.0. The van der Waals surface area contributed by atoms with E-state index in [0.29, 0.717) is 0 Å². The van der Waals surface area contributed by atoms with E-state index in [4.69, 9.17) is 18.6 Å². The second kappa shape index (κ2) is 7.67. The maximum absolute atomic E-state index is 8.60. The molecular weight excluding hydrogens is 184 g/mol. The first-order valence-corrected chi connectivity index (χ1v) is 3.18. The van der Waals surface area contributed by atoms with Gasteiger partial charge in [-0.05, 0) is 0 Å². The predicted octanol–water partition coefficient (Wildman–Crippen LogP) is -2.58. The molecule has 0 radical (unpaired) electrons. The van der Waals surface area contributed by atoms with Crippen LogP contribution in [0, 0.1) is 10.2 Å². The zero-order valence-corrected chi connectivity index (χ0v) is 5.78. The number of halogens is 3. The van der Waals surface area contributed by atoms with Crippen molar-refractivity contribution in [2.45, 2.75) is 0 Å². The molecule has 8 heavy (non-hydrogen) atoms. The summed E-state index contributed by atoms with van der Waals surface area (Å²) in [5, 5.41) is 0. The quantitative estimate of drug-likeness (QED) is 0.432. The summed E-state index contributed by atoms with van der Waals surface area (Å²) in [4.78, 5) is 0. The second-order valence-corrected chi connectivity index (χ2v) is 1.19. The lowest BCUT2D eigenvalue weighted by Gasteiger charge is -2.03. The van der Waals surface area contributed by atoms with E-state index in [1.165, 1.54) is 0 Å². The molecule has 8 heteroatoms. The fourth-order valence-electron chi connectivity index (χ4n) is 0. The summed E-state index contributed by atoms with van der Waals surface area (Å²) < 4.78 is 32.7. The van der Waals surface area contributed by atoms with Gasteiger partial charge in [0.2, 0.25) is 0 Å². The molecule has 0 amide bonds. The first-order chi connectivity index (χ1) is 3.00. The molecule has 0 aromatic heterocycles. The van der Waals surface area contributed by atoms with Crippen LogP contribution in [0.25, 0.3) is 0 Å². The Morgan fingerprint density at radius 2 is 1.12 bits per heavy atom. The fourth-order valence-corrected chi connectivity index (χ4v) is 0. The van der Waals surface area contributed by atoms with Crippen molar-refractivity contribution in [1.29, 1.82) is 0 Å². The van der Waals surface area contributed by atoms with Gasteiger partial charge < -0.3 is 6.15 Å². The van der Waals surface area contributed by atoms with Crippen LogP contribution in [0.15, 0.2) is 0 Å². The first kappa shape index (κ1) is 15.9. The van der Waals surface area contributed by atoms with Crippen molar-refractivity contribution in [3.05, 3.63) is 0 Å². The van der Waals surface area contributed by atoms with Gasteiger partial charge in [0.15, 0.2) is 0 Å². The number of rotatable bonds is 0. The van der Waals surface area contributed by atoms with Crippen molar-refractivity contribution in [2.75, 3.05) is 0 Å². The van der Waals surface area contributed by atoms with E-state index in [1.54, 1.807) is 0 Å². The first-order valence-electron chi connectivity index (χ1n) is 0.775. The molecule has 0 atom stereocenters. The SMILES string of the molecule is ClCl.N.[O-][Cl+3]([O-])([O-])O. The Balaban J connectivity index is -0.0000000750. The zero-order chi connectivity index (χ0) is 6.50. The topological polar surface area (TPSA) is 124 Å². The summed E-state index contributed by atoms with van der Waals surface area (Å²) in [5.74, 6) is 0. The van der Waals surface area contributed by atoms with Crippen molar-refractivity contribution in [3.63, 3.8) is 0 Å². The maximum atomic E-state index is 8.60. The van der Waals surface area contributed by atoms with Crippen LogP contribution in [0.5, 0.6) is 0 Å². The van der Waals surface area contributed by atoms with Gasteiger partial charge >= 0.3 is 0 Å². The van der Waals surface area contributed by atoms with Gasteiger partial charge in [-0.15, -0.1) is 0 Å². The molecule has 0 aliphatic carbocycles. The van der Waals surface area contributed by atoms with Gasteiger partial charge in [0.25, 0.3) is 0 Å². The number of hydrogen-bond donors (Lipinski definition) is 2. The van der Waals surface area contributed by atoms with Gasteiger partial charge in [-0.1, -0.05) is 0 Å². The summed E-state index contributed by atoms with van der Waals surface area (Å²) in [5.41, 5.74) is 0. The Bertz CT molecular complexity index is 26.8. The molecule has 0 bridgehead atoms. The molecule has 0 saturated heterocycles. The summed E-state index contributed by atoms with van der Waals surface area (Å²) >= 11 is 0. The minimum atomic E-state index is -4.69. The molecule has 0 aromatic carbocycles. The molecule has 5 nitrogen and oxygen atoms in total. The number of hydrogen-bond acceptors (Lipinski definition) is 5. The summed E-state index contributed by atoms with van der Waals surface area (Å²) in [6, 6.07) is 0. The third kappa shape index (κ3) is 478. The Morgan fingerprint density at radius 3 is 1.12 bits per heavy atom. The zero-order valence-electron chi connectivity index (χ0n) is 3.51. The van der Waals surface area contributed by atoms with E-state index in [9.17, 15) is 0 Å². The molecule has 4 N–H and O–H groups in total. The lowest BCUT2D eigenvalue weighted by Crippen LogP contribution is -2.58. The van der Waals surface area contributed by atoms with Crippen molar-refractivity contribution in [2.24, 2.45) is 0 Å². The third-order valence-corrected chi connectivity index (χ3v) is 0. The highest BCUT2D eigenvalue weighted by Crippen LogP contribution is 1.69. The van der Waals surface area contributed by atoms with E-state index >= 15 is 0 Å². The predicted molar refractivity (Wildman–Crippen MR) is 18.9 cm³/mol. The van der Waals surface area contributed by atoms with Gasteiger partial charge in [-0.2, -0.15) is 14.0 Å². The van der Waals surface area contributed by atoms with Crippen molar-refractivity contribution < 1.29 is 28.9 Å². The van der Waals surface area contributed by atoms with Crippen LogP contribution in [0.2, 0.25) is 0 Å². The van der Waals surface area contributed by atoms with Crippen molar-refractivity contribution >= 4 is 21.7 Å². The van der Waals surface area contributed by atoms with Gasteiger partial charge in [0, 0.05) is 21.7 Å². The van der Waals surface area contributed by atoms with Crippen molar-refractivity contribution in [1.82, 2.24) is 6.15 Å². The van der Waals surface area contributed by atoms with E-state index in [-0.39, 0.29) is 6.15 Å². The van der Waals surface area contributed by atoms with Gasteiger partial charge in [-0.3, -0.25) is 0 Å². The standard InChI is InChI=1S/Cl2.ClHO4.H3N/c1-2;2-1(3,4)5;/h;(H,2,3,4,5);1H3. The average Bonchev–Trinajstić information content (AvgIpc) is 1.36. The third-order valence-electron chi connectivity index (χ3n) is 0. The molecule has 0 aliphatic rings. The molecule has 0 rings (SSSR count). The largest absolute Gasteiger partial charge is 0.344 e. The monoisotopic (exact) mass is 187 g/mol. The molecule has 54 valence electrons. The molecule has 0 aliphatic heterocycles. The normalized spacial score (nSPS) is 8.25. The highest BCUT2D eigenvalue weighted by atomic mass is 36.5. The van der Waals surface area contributed by atoms with Crippen LogP contribution in [-0.4, -0.2) is 4.66 Å². The molecule has 0 aromatic rings. The van der Waals surface area contributed by atoms with E-state index in [1.807, 2.05) is 0 Å². The summed E-state index contributed by atoms with van der Waals surface area (Å²) in [7, 11) is 3.53. The van der Waals surface area contributed by atoms with Crippen LogP contribution in [0.4, 0.5) is 0 Å². The van der Waals surface area contributed by atoms with E-state index in [0.717, 1.165) is 0 Å². The van der Waals surface area contributed by atoms with Crippen LogP contribution >= 0.6 is 21.7 Å². The lowest BCUT2D eigenvalue weighted by molar-refractivity contribution is -1.92. The molecule has 0 fully saturated rings. The second-order valence-electron chi connectivity index (χ2n) is 0.396. The Kier molecular flexibility index (Phi) is 15.2. The molecule has 0 unspecified atom stereocenters. The minimum Gasteiger partial charge on any atom is -0.344 e. The van der Waals surface area contributed by atoms with Crippen LogP contribution < -0.4 is 20.1 Å². The summed E-state index contributed by atoms with van der Waals surface area (Å²) in [6.07, 6.45) is 0. The average molecular weight is 188 g/mol. The van der Waals surface area contributed by atoms with Gasteiger partial charge in [0.1, 0.15) is 0 Å². The Morgan fingerprint density at radius 1 is 1.12 bits per heavy atom. The Labute approximate surface area is 57.3 Å². The molecular formula is H4Cl3NO4. The van der Waals surface area contributed by atoms with Gasteiger partial charge in [0.05, 0.1) is 14.9 Å². The molecule has 0 spiro atoms. The van der Waals surface area contributed by atoms with Crippen LogP contribution in [0.3, 0.4) is 0 Å². The highest BCUT2D eigenvalue weighted by Gasteiger charge is 1.98. The van der Waals surface area contributed by atoms with E-state index < -0.39 is 10.2 Å². The summed E-state index contributed by atoms with van der Waals surface area (Å²) in [6.45, 7) is 0. The molecule has 0 heterocycles. The molecule has 0 saturated carbocycles. The minimum absolute atomic E-state index is 0. The Hall–Kier alpha value is 0.670.